The Kier molecular flexibility index (Phi) is 6.47. The summed E-state index contributed by atoms with van der Waals surface area (Å²) >= 11 is 1.60. The monoisotopic (exact) mass is 332 g/mol. The van der Waals surface area contributed by atoms with E-state index in [0.29, 0.717) is 6.54 Å². The number of amidine groups is 1. The van der Waals surface area contributed by atoms with E-state index in [1.54, 1.807) is 25.9 Å². The van der Waals surface area contributed by atoms with Gasteiger partial charge in [0.1, 0.15) is 11.6 Å². The van der Waals surface area contributed by atoms with Gasteiger partial charge >= 0.3 is 0 Å². The van der Waals surface area contributed by atoms with Gasteiger partial charge in [-0.25, -0.2) is 4.39 Å². The quantitative estimate of drug-likeness (QED) is 0.606. The summed E-state index contributed by atoms with van der Waals surface area (Å²) in [5.74, 6) is 0.623. The molecular formula is C18H21FN2OS. The Morgan fingerprint density at radius 1 is 1.04 bits per heavy atom. The normalized spacial score (nSPS) is 11.4. The fraction of sp³-hybridized carbons (Fsp3) is 0.278. The predicted molar refractivity (Wildman–Crippen MR) is 95.5 cm³/mol. The summed E-state index contributed by atoms with van der Waals surface area (Å²) in [7, 11) is 3.45. The molecule has 5 heteroatoms. The largest absolute Gasteiger partial charge is 0.497 e. The maximum Gasteiger partial charge on any atom is 0.159 e. The van der Waals surface area contributed by atoms with Gasteiger partial charge in [-0.3, -0.25) is 4.99 Å². The number of ether oxygens (including phenoxy) is 1. The van der Waals surface area contributed by atoms with Crippen LogP contribution in [0, 0.1) is 5.82 Å². The third kappa shape index (κ3) is 4.99. The number of halogens is 1. The van der Waals surface area contributed by atoms with Crippen LogP contribution in [0.3, 0.4) is 0 Å². The van der Waals surface area contributed by atoms with Crippen molar-refractivity contribution in [3.63, 3.8) is 0 Å². The molecule has 0 saturated heterocycles. The lowest BCUT2D eigenvalue weighted by Crippen LogP contribution is -2.27. The van der Waals surface area contributed by atoms with Gasteiger partial charge < -0.3 is 9.64 Å². The molecule has 0 aliphatic carbocycles. The Morgan fingerprint density at radius 3 is 2.00 bits per heavy atom. The Hall–Kier alpha value is -2.01. The van der Waals surface area contributed by atoms with Crippen molar-refractivity contribution >= 4 is 16.9 Å². The van der Waals surface area contributed by atoms with Gasteiger partial charge in [0, 0.05) is 20.1 Å². The minimum atomic E-state index is -0.218. The molecular weight excluding hydrogens is 311 g/mol. The number of aliphatic imine (C=N–C) groups is 1. The summed E-state index contributed by atoms with van der Waals surface area (Å²) in [6.07, 6.45) is 2.01. The maximum atomic E-state index is 13.1. The summed E-state index contributed by atoms with van der Waals surface area (Å²) < 4.78 is 18.3. The van der Waals surface area contributed by atoms with Gasteiger partial charge in [0.2, 0.25) is 0 Å². The number of nitrogens with zero attached hydrogens (tertiary/aromatic N) is 2. The summed E-state index contributed by atoms with van der Waals surface area (Å²) in [6.45, 7) is 1.41. The van der Waals surface area contributed by atoms with Crippen LogP contribution in [0.2, 0.25) is 0 Å². The number of thioether (sulfide) groups is 1. The first-order chi connectivity index (χ1) is 11.2. The fourth-order valence-corrected chi connectivity index (χ4v) is 2.88. The number of benzene rings is 2. The predicted octanol–water partition coefficient (Wildman–Crippen LogP) is 4.19. The van der Waals surface area contributed by atoms with Crippen LogP contribution in [-0.4, -0.2) is 30.5 Å². The summed E-state index contributed by atoms with van der Waals surface area (Å²) in [4.78, 5) is 6.54. The molecule has 0 radical (unpaired) electrons. The van der Waals surface area contributed by atoms with Gasteiger partial charge in [-0.05, 0) is 41.6 Å². The van der Waals surface area contributed by atoms with E-state index in [-0.39, 0.29) is 5.82 Å². The van der Waals surface area contributed by atoms with E-state index in [4.69, 9.17) is 4.74 Å². The fourth-order valence-electron chi connectivity index (χ4n) is 2.31. The zero-order valence-electron chi connectivity index (χ0n) is 13.6. The van der Waals surface area contributed by atoms with Gasteiger partial charge in [-0.15, -0.1) is 0 Å². The van der Waals surface area contributed by atoms with Crippen LogP contribution in [0.1, 0.15) is 11.1 Å². The highest BCUT2D eigenvalue weighted by molar-refractivity contribution is 8.13. The molecule has 0 aromatic heterocycles. The third-order valence-corrected chi connectivity index (χ3v) is 4.27. The van der Waals surface area contributed by atoms with Crippen LogP contribution < -0.4 is 4.74 Å². The van der Waals surface area contributed by atoms with Crippen molar-refractivity contribution in [3.05, 3.63) is 65.5 Å². The van der Waals surface area contributed by atoms with E-state index in [9.17, 15) is 4.39 Å². The molecule has 23 heavy (non-hydrogen) atoms. The van der Waals surface area contributed by atoms with Crippen molar-refractivity contribution in [2.45, 2.75) is 13.1 Å². The average Bonchev–Trinajstić information content (AvgIpc) is 2.58. The topological polar surface area (TPSA) is 24.8 Å². The molecule has 0 amide bonds. The van der Waals surface area contributed by atoms with Crippen molar-refractivity contribution in [1.29, 1.82) is 0 Å². The van der Waals surface area contributed by atoms with Gasteiger partial charge in [0.05, 0.1) is 7.11 Å². The lowest BCUT2D eigenvalue weighted by molar-refractivity contribution is 0.408. The molecule has 0 unspecified atom stereocenters. The molecule has 0 N–H and O–H groups in total. The molecule has 122 valence electrons. The highest BCUT2D eigenvalue weighted by atomic mass is 32.2. The molecule has 2 aromatic carbocycles. The summed E-state index contributed by atoms with van der Waals surface area (Å²) in [5, 5.41) is 0.949. The Balaban J connectivity index is 2.17. The Bertz CT molecular complexity index is 641. The SMILES string of the molecule is CN=C(SC)N(Cc1ccc(F)cc1)Cc1ccc(OC)cc1. The van der Waals surface area contributed by atoms with Crippen LogP contribution in [0.4, 0.5) is 4.39 Å². The third-order valence-electron chi connectivity index (χ3n) is 3.46. The van der Waals surface area contributed by atoms with Crippen molar-refractivity contribution in [3.8, 4) is 5.75 Å². The number of methoxy groups -OCH3 is 1. The van der Waals surface area contributed by atoms with E-state index in [1.165, 1.54) is 17.7 Å². The van der Waals surface area contributed by atoms with E-state index >= 15 is 0 Å². The van der Waals surface area contributed by atoms with Crippen LogP contribution in [0.5, 0.6) is 5.75 Å². The molecule has 0 aliphatic heterocycles. The molecule has 0 heterocycles. The number of hydrogen-bond donors (Lipinski definition) is 0. The lowest BCUT2D eigenvalue weighted by Gasteiger charge is -2.25. The highest BCUT2D eigenvalue weighted by Gasteiger charge is 2.12. The molecule has 0 fully saturated rings. The molecule has 0 aliphatic rings. The van der Waals surface area contributed by atoms with E-state index in [0.717, 1.165) is 23.0 Å². The number of rotatable bonds is 5. The van der Waals surface area contributed by atoms with E-state index in [1.807, 2.05) is 42.7 Å². The Morgan fingerprint density at radius 2 is 1.57 bits per heavy atom. The molecule has 0 saturated carbocycles. The lowest BCUT2D eigenvalue weighted by atomic mass is 10.1. The first-order valence-electron chi connectivity index (χ1n) is 7.29. The second-order valence-electron chi connectivity index (χ2n) is 5.04. The van der Waals surface area contributed by atoms with Crippen LogP contribution in [-0.2, 0) is 13.1 Å². The molecule has 0 spiro atoms. The van der Waals surface area contributed by atoms with Crippen LogP contribution in [0.15, 0.2) is 53.5 Å². The van der Waals surface area contributed by atoms with Crippen molar-refractivity contribution in [2.75, 3.05) is 20.4 Å². The van der Waals surface area contributed by atoms with E-state index in [2.05, 4.69) is 9.89 Å². The molecule has 2 aromatic rings. The van der Waals surface area contributed by atoms with Gasteiger partial charge in [0.15, 0.2) is 5.17 Å². The molecule has 0 atom stereocenters. The standard InChI is InChI=1S/C18H21FN2OS/c1-20-18(23-3)21(12-14-4-8-16(19)9-5-14)13-15-6-10-17(22-2)11-7-15/h4-11H,12-13H2,1-3H3. The van der Waals surface area contributed by atoms with Crippen molar-refractivity contribution < 1.29 is 9.13 Å². The summed E-state index contributed by atoms with van der Waals surface area (Å²) in [6, 6.07) is 14.6. The van der Waals surface area contributed by atoms with E-state index < -0.39 is 0 Å². The smallest absolute Gasteiger partial charge is 0.159 e. The van der Waals surface area contributed by atoms with Crippen LogP contribution in [0.25, 0.3) is 0 Å². The second-order valence-corrected chi connectivity index (χ2v) is 5.81. The molecule has 2 rings (SSSR count). The van der Waals surface area contributed by atoms with Gasteiger partial charge in [-0.2, -0.15) is 0 Å². The first-order valence-corrected chi connectivity index (χ1v) is 8.52. The van der Waals surface area contributed by atoms with Gasteiger partial charge in [-0.1, -0.05) is 36.0 Å². The van der Waals surface area contributed by atoms with Crippen molar-refractivity contribution in [1.82, 2.24) is 4.90 Å². The van der Waals surface area contributed by atoms with Crippen LogP contribution >= 0.6 is 11.8 Å². The Labute approximate surface area is 141 Å². The van der Waals surface area contributed by atoms with Crippen molar-refractivity contribution in [2.24, 2.45) is 4.99 Å². The second kappa shape index (κ2) is 8.58. The number of hydrogen-bond acceptors (Lipinski definition) is 3. The summed E-state index contributed by atoms with van der Waals surface area (Å²) in [5.41, 5.74) is 2.22. The average molecular weight is 332 g/mol. The molecule has 3 nitrogen and oxygen atoms in total. The first kappa shape index (κ1) is 17.3. The van der Waals surface area contributed by atoms with Gasteiger partial charge in [0.25, 0.3) is 0 Å². The zero-order valence-corrected chi connectivity index (χ0v) is 14.4. The minimum Gasteiger partial charge on any atom is -0.497 e. The highest BCUT2D eigenvalue weighted by Crippen LogP contribution is 2.18. The minimum absolute atomic E-state index is 0.218. The molecule has 0 bridgehead atoms. The zero-order chi connectivity index (χ0) is 16.7. The maximum absolute atomic E-state index is 13.1.